The molecule has 0 spiro atoms. The van der Waals surface area contributed by atoms with Gasteiger partial charge in [-0.2, -0.15) is 0 Å². The molecule has 45 heavy (non-hydrogen) atoms. The standard InChI is InChI=1S/C42H58O3/c1-28(2)7-6-8-29(3)37-20-21-38-36-19-14-32-27-35(23-25-41(32,4)39(36)24-26-42(37,38)5)45-34-17-12-31(13-18-34)40(44)22-11-30-9-15-33(43)16-10-30/h9-13,15-18,22,28-29,32,35-39,43H,6-8,14,19-21,23-27H2,1-5H3/t29?,32?,35?,36-,37+,38-,39-,41-,42+/m0/s1. The van der Waals surface area contributed by atoms with E-state index in [2.05, 4.69) is 34.6 Å². The van der Waals surface area contributed by atoms with Gasteiger partial charge in [0.15, 0.2) is 5.78 Å². The first-order valence-corrected chi connectivity index (χ1v) is 18.3. The van der Waals surface area contributed by atoms with Crippen molar-refractivity contribution >= 4 is 11.9 Å². The van der Waals surface area contributed by atoms with Gasteiger partial charge in [0.05, 0.1) is 6.10 Å². The monoisotopic (exact) mass is 610 g/mol. The number of allylic oxidation sites excluding steroid dienone is 1. The summed E-state index contributed by atoms with van der Waals surface area (Å²) in [4.78, 5) is 12.7. The molecule has 4 aliphatic carbocycles. The van der Waals surface area contributed by atoms with Crippen LogP contribution in [0.4, 0.5) is 0 Å². The Morgan fingerprint density at radius 3 is 2.31 bits per heavy atom. The summed E-state index contributed by atoms with van der Waals surface area (Å²) in [5.74, 6) is 7.25. The highest BCUT2D eigenvalue weighted by molar-refractivity contribution is 6.06. The van der Waals surface area contributed by atoms with Crippen molar-refractivity contribution < 1.29 is 14.6 Å². The van der Waals surface area contributed by atoms with Crippen LogP contribution in [-0.4, -0.2) is 17.0 Å². The van der Waals surface area contributed by atoms with Crippen LogP contribution in [0.1, 0.15) is 128 Å². The summed E-state index contributed by atoms with van der Waals surface area (Å²) in [6.07, 6.45) is 20.1. The lowest BCUT2D eigenvalue weighted by Gasteiger charge is -2.61. The average molecular weight is 611 g/mol. The zero-order chi connectivity index (χ0) is 31.8. The number of aromatic hydroxyl groups is 1. The zero-order valence-corrected chi connectivity index (χ0v) is 28.6. The second-order valence-electron chi connectivity index (χ2n) is 16.5. The van der Waals surface area contributed by atoms with Crippen molar-refractivity contribution in [1.82, 2.24) is 0 Å². The number of hydrogen-bond donors (Lipinski definition) is 1. The molecule has 2 aromatic rings. The van der Waals surface area contributed by atoms with E-state index in [0.29, 0.717) is 16.4 Å². The van der Waals surface area contributed by atoms with Gasteiger partial charge in [-0.25, -0.2) is 0 Å². The molecular weight excluding hydrogens is 552 g/mol. The van der Waals surface area contributed by atoms with Gasteiger partial charge in [-0.1, -0.05) is 72.1 Å². The number of hydrogen-bond acceptors (Lipinski definition) is 3. The van der Waals surface area contributed by atoms with Gasteiger partial charge >= 0.3 is 0 Å². The molecule has 9 atom stereocenters. The molecule has 2 aromatic carbocycles. The molecule has 3 heteroatoms. The highest BCUT2D eigenvalue weighted by atomic mass is 16.5. The van der Waals surface area contributed by atoms with Crippen molar-refractivity contribution in [2.45, 2.75) is 118 Å². The number of ketones is 1. The van der Waals surface area contributed by atoms with Crippen LogP contribution < -0.4 is 4.74 Å². The highest BCUT2D eigenvalue weighted by Crippen LogP contribution is 2.68. The Morgan fingerprint density at radius 1 is 0.867 bits per heavy atom. The Bertz CT molecular complexity index is 1320. The largest absolute Gasteiger partial charge is 0.508 e. The Morgan fingerprint density at radius 2 is 1.58 bits per heavy atom. The number of ether oxygens (including phenoxy) is 1. The van der Waals surface area contributed by atoms with E-state index in [9.17, 15) is 9.90 Å². The lowest BCUT2D eigenvalue weighted by atomic mass is 9.44. The first-order valence-electron chi connectivity index (χ1n) is 18.3. The van der Waals surface area contributed by atoms with Gasteiger partial charge in [-0.05, 0) is 158 Å². The first-order chi connectivity index (χ1) is 21.6. The van der Waals surface area contributed by atoms with Crippen LogP contribution in [0.25, 0.3) is 6.08 Å². The lowest BCUT2D eigenvalue weighted by molar-refractivity contribution is -0.126. The molecule has 3 nitrogen and oxygen atoms in total. The van der Waals surface area contributed by atoms with Crippen molar-refractivity contribution in [2.24, 2.45) is 52.3 Å². The second kappa shape index (κ2) is 13.3. The predicted molar refractivity (Wildman–Crippen MR) is 185 cm³/mol. The third-order valence-electron chi connectivity index (χ3n) is 13.6. The van der Waals surface area contributed by atoms with Crippen LogP contribution in [0.5, 0.6) is 11.5 Å². The number of carbonyl (C=O) groups excluding carboxylic acids is 1. The average Bonchev–Trinajstić information content (AvgIpc) is 3.38. The van der Waals surface area contributed by atoms with Crippen molar-refractivity contribution in [3.8, 4) is 11.5 Å². The van der Waals surface area contributed by atoms with Gasteiger partial charge in [0.25, 0.3) is 0 Å². The number of rotatable bonds is 10. The molecule has 0 bridgehead atoms. The van der Waals surface area contributed by atoms with E-state index in [1.165, 1.54) is 70.6 Å². The van der Waals surface area contributed by atoms with Crippen LogP contribution in [0.3, 0.4) is 0 Å². The topological polar surface area (TPSA) is 46.5 Å². The summed E-state index contributed by atoms with van der Waals surface area (Å²) in [6.45, 7) is 12.7. The van der Waals surface area contributed by atoms with Crippen molar-refractivity contribution in [3.05, 3.63) is 65.7 Å². The van der Waals surface area contributed by atoms with Crippen LogP contribution in [0, 0.1) is 52.3 Å². The normalized spacial score (nSPS) is 35.1. The molecular formula is C42H58O3. The van der Waals surface area contributed by atoms with Crippen LogP contribution in [0.2, 0.25) is 0 Å². The summed E-state index contributed by atoms with van der Waals surface area (Å²) in [5.41, 5.74) is 2.58. The minimum atomic E-state index is -0.0300. The fourth-order valence-corrected chi connectivity index (χ4v) is 11.1. The summed E-state index contributed by atoms with van der Waals surface area (Å²) in [5, 5.41) is 9.46. The van der Waals surface area contributed by atoms with Gasteiger partial charge in [-0.3, -0.25) is 4.79 Å². The third kappa shape index (κ3) is 6.66. The van der Waals surface area contributed by atoms with Crippen LogP contribution in [-0.2, 0) is 0 Å². The van der Waals surface area contributed by atoms with E-state index in [4.69, 9.17) is 4.74 Å². The first kappa shape index (κ1) is 32.4. The maximum absolute atomic E-state index is 12.7. The number of benzene rings is 2. The van der Waals surface area contributed by atoms with Crippen LogP contribution >= 0.6 is 0 Å². The molecule has 1 N–H and O–H groups in total. The van der Waals surface area contributed by atoms with Crippen LogP contribution in [0.15, 0.2) is 54.6 Å². The van der Waals surface area contributed by atoms with E-state index in [-0.39, 0.29) is 17.6 Å². The maximum atomic E-state index is 12.7. The summed E-state index contributed by atoms with van der Waals surface area (Å²) >= 11 is 0. The van der Waals surface area contributed by atoms with E-state index in [0.717, 1.165) is 59.2 Å². The Labute approximate surface area is 273 Å². The fourth-order valence-electron chi connectivity index (χ4n) is 11.1. The Balaban J connectivity index is 1.04. The summed E-state index contributed by atoms with van der Waals surface area (Å²) < 4.78 is 6.58. The zero-order valence-electron chi connectivity index (χ0n) is 28.6. The summed E-state index contributed by atoms with van der Waals surface area (Å²) in [6, 6.07) is 14.5. The van der Waals surface area contributed by atoms with Gasteiger partial charge < -0.3 is 9.84 Å². The molecule has 4 saturated carbocycles. The van der Waals surface area contributed by atoms with Crippen molar-refractivity contribution in [1.29, 1.82) is 0 Å². The number of carbonyl (C=O) groups is 1. The number of phenols is 1. The summed E-state index contributed by atoms with van der Waals surface area (Å²) in [7, 11) is 0. The Kier molecular flexibility index (Phi) is 9.56. The van der Waals surface area contributed by atoms with E-state index < -0.39 is 0 Å². The van der Waals surface area contributed by atoms with Gasteiger partial charge in [0, 0.05) is 5.56 Å². The number of phenolic OH excluding ortho intramolecular Hbond substituents is 1. The minimum absolute atomic E-state index is 0.0300. The maximum Gasteiger partial charge on any atom is 0.185 e. The third-order valence-corrected chi connectivity index (χ3v) is 13.6. The molecule has 0 aliphatic heterocycles. The van der Waals surface area contributed by atoms with Gasteiger partial charge in [0.2, 0.25) is 0 Å². The molecule has 3 unspecified atom stereocenters. The molecule has 0 amide bonds. The fraction of sp³-hybridized carbons (Fsp3) is 0.643. The quantitative estimate of drug-likeness (QED) is 0.215. The molecule has 0 radical (unpaired) electrons. The molecule has 0 heterocycles. The highest BCUT2D eigenvalue weighted by Gasteiger charge is 2.60. The lowest BCUT2D eigenvalue weighted by Crippen LogP contribution is -2.54. The number of fused-ring (bicyclic) bond motifs is 5. The van der Waals surface area contributed by atoms with E-state index >= 15 is 0 Å². The minimum Gasteiger partial charge on any atom is -0.508 e. The van der Waals surface area contributed by atoms with Crippen molar-refractivity contribution in [2.75, 3.05) is 0 Å². The van der Waals surface area contributed by atoms with E-state index in [1.54, 1.807) is 36.4 Å². The smallest absolute Gasteiger partial charge is 0.185 e. The second-order valence-corrected chi connectivity index (χ2v) is 16.5. The van der Waals surface area contributed by atoms with Crippen molar-refractivity contribution in [3.63, 3.8) is 0 Å². The molecule has 4 fully saturated rings. The molecule has 4 aliphatic rings. The van der Waals surface area contributed by atoms with Gasteiger partial charge in [-0.15, -0.1) is 0 Å². The Hall–Kier alpha value is -2.55. The molecule has 0 aromatic heterocycles. The van der Waals surface area contributed by atoms with E-state index in [1.807, 2.05) is 24.3 Å². The molecule has 6 rings (SSSR count). The van der Waals surface area contributed by atoms with Gasteiger partial charge in [0.1, 0.15) is 11.5 Å². The molecule has 244 valence electrons. The molecule has 0 saturated heterocycles. The predicted octanol–water partition coefficient (Wildman–Crippen LogP) is 11.2. The SMILES string of the molecule is CC(C)CCCC(C)[C@H]1CC[C@H]2[C@@H]3CCC4CC(Oc5ccc(C(=O)C=Cc6ccc(O)cc6)cc5)CC[C@]4(C)[C@H]3CC[C@]12C.